The Morgan fingerprint density at radius 2 is 1.88 bits per heavy atom. The highest BCUT2D eigenvalue weighted by molar-refractivity contribution is 9.10. The zero-order valence-electron chi connectivity index (χ0n) is 10.1. The van der Waals surface area contributed by atoms with Crippen LogP contribution < -0.4 is 5.32 Å². The zero-order valence-corrected chi connectivity index (χ0v) is 11.7. The number of halogens is 3. The number of anilines is 1. The smallest absolute Gasteiger partial charge is 0.150 e. The molecule has 0 aliphatic carbocycles. The summed E-state index contributed by atoms with van der Waals surface area (Å²) in [6.07, 6.45) is 0. The van der Waals surface area contributed by atoms with Crippen LogP contribution in [-0.2, 0) is 0 Å². The van der Waals surface area contributed by atoms with Crippen molar-refractivity contribution in [2.45, 2.75) is 13.8 Å². The van der Waals surface area contributed by atoms with E-state index in [4.69, 9.17) is 0 Å². The van der Waals surface area contributed by atoms with Gasteiger partial charge < -0.3 is 10.2 Å². The maximum atomic E-state index is 13.5. The molecule has 0 unspecified atom stereocenters. The lowest BCUT2D eigenvalue weighted by molar-refractivity contribution is 0.316. The number of rotatable bonds is 6. The minimum absolute atomic E-state index is 0.318. The van der Waals surface area contributed by atoms with Crippen molar-refractivity contribution in [3.8, 4) is 0 Å². The molecule has 0 aliphatic rings. The van der Waals surface area contributed by atoms with Gasteiger partial charge in [-0.25, -0.2) is 8.78 Å². The molecule has 0 amide bonds. The van der Waals surface area contributed by atoms with Gasteiger partial charge in [0.15, 0.2) is 0 Å². The molecule has 0 bridgehead atoms. The monoisotopic (exact) mass is 306 g/mol. The number of hydrogen-bond donors (Lipinski definition) is 1. The molecule has 2 nitrogen and oxygen atoms in total. The van der Waals surface area contributed by atoms with E-state index in [9.17, 15) is 8.78 Å². The molecule has 0 spiro atoms. The van der Waals surface area contributed by atoms with Crippen LogP contribution in [0.25, 0.3) is 0 Å². The Bertz CT molecular complexity index is 345. The largest absolute Gasteiger partial charge is 0.380 e. The van der Waals surface area contributed by atoms with Gasteiger partial charge in [-0.1, -0.05) is 13.8 Å². The van der Waals surface area contributed by atoms with E-state index in [1.54, 1.807) is 0 Å². The van der Waals surface area contributed by atoms with Crippen LogP contribution in [0.2, 0.25) is 0 Å². The molecule has 17 heavy (non-hydrogen) atoms. The van der Waals surface area contributed by atoms with Crippen LogP contribution >= 0.6 is 15.9 Å². The van der Waals surface area contributed by atoms with Crippen molar-refractivity contribution in [1.82, 2.24) is 4.90 Å². The van der Waals surface area contributed by atoms with Crippen LogP contribution in [0.15, 0.2) is 16.6 Å². The summed E-state index contributed by atoms with van der Waals surface area (Å²) in [5.41, 5.74) is 0.318. The standard InChI is InChI=1S/C12H17BrF2N2/c1-3-17(4-2)6-5-16-12-10(13)7-9(14)8-11(12)15/h7-8,16H,3-6H2,1-2H3. The Labute approximate surface area is 109 Å². The molecule has 0 fully saturated rings. The quantitative estimate of drug-likeness (QED) is 0.865. The summed E-state index contributed by atoms with van der Waals surface area (Å²) in [5.74, 6) is -1.15. The summed E-state index contributed by atoms with van der Waals surface area (Å²) >= 11 is 3.14. The van der Waals surface area contributed by atoms with Gasteiger partial charge in [0.2, 0.25) is 0 Å². The minimum atomic E-state index is -0.580. The van der Waals surface area contributed by atoms with Gasteiger partial charge in [0.1, 0.15) is 11.6 Å². The van der Waals surface area contributed by atoms with E-state index in [2.05, 4.69) is 40.0 Å². The molecule has 0 atom stereocenters. The van der Waals surface area contributed by atoms with Crippen molar-refractivity contribution in [2.75, 3.05) is 31.5 Å². The number of benzene rings is 1. The average Bonchev–Trinajstić information content (AvgIpc) is 2.27. The van der Waals surface area contributed by atoms with Crippen LogP contribution in [-0.4, -0.2) is 31.1 Å². The molecule has 0 saturated heterocycles. The molecule has 1 rings (SSSR count). The highest BCUT2D eigenvalue weighted by Crippen LogP contribution is 2.26. The van der Waals surface area contributed by atoms with Crippen molar-refractivity contribution in [3.05, 3.63) is 28.2 Å². The van der Waals surface area contributed by atoms with Crippen molar-refractivity contribution in [2.24, 2.45) is 0 Å². The van der Waals surface area contributed by atoms with Crippen LogP contribution in [0, 0.1) is 11.6 Å². The molecule has 0 radical (unpaired) electrons. The van der Waals surface area contributed by atoms with E-state index in [0.29, 0.717) is 16.7 Å². The fraction of sp³-hybridized carbons (Fsp3) is 0.500. The van der Waals surface area contributed by atoms with Crippen molar-refractivity contribution >= 4 is 21.6 Å². The second-order valence-electron chi connectivity index (χ2n) is 3.70. The van der Waals surface area contributed by atoms with Crippen molar-refractivity contribution in [1.29, 1.82) is 0 Å². The van der Waals surface area contributed by atoms with Crippen molar-refractivity contribution in [3.63, 3.8) is 0 Å². The third-order valence-corrected chi connectivity index (χ3v) is 3.26. The van der Waals surface area contributed by atoms with E-state index < -0.39 is 11.6 Å². The Balaban J connectivity index is 2.58. The molecule has 1 aromatic rings. The third-order valence-electron chi connectivity index (χ3n) is 2.63. The summed E-state index contributed by atoms with van der Waals surface area (Å²) in [6, 6.07) is 2.13. The van der Waals surface area contributed by atoms with E-state index in [-0.39, 0.29) is 0 Å². The van der Waals surface area contributed by atoms with E-state index in [1.807, 2.05) is 0 Å². The zero-order chi connectivity index (χ0) is 12.8. The molecule has 5 heteroatoms. The first kappa shape index (κ1) is 14.4. The first-order valence-corrected chi connectivity index (χ1v) is 6.48. The molecular formula is C12H17BrF2N2. The maximum absolute atomic E-state index is 13.5. The van der Waals surface area contributed by atoms with Crippen LogP contribution in [0.1, 0.15) is 13.8 Å². The number of nitrogens with zero attached hydrogens (tertiary/aromatic N) is 1. The summed E-state index contributed by atoms with van der Waals surface area (Å²) in [4.78, 5) is 2.22. The average molecular weight is 307 g/mol. The molecule has 1 aromatic carbocycles. The Hall–Kier alpha value is -0.680. The Morgan fingerprint density at radius 3 is 2.41 bits per heavy atom. The molecule has 0 saturated carbocycles. The molecule has 0 aliphatic heterocycles. The first-order valence-electron chi connectivity index (χ1n) is 5.69. The fourth-order valence-corrected chi connectivity index (χ4v) is 2.14. The van der Waals surface area contributed by atoms with Crippen LogP contribution in [0.4, 0.5) is 14.5 Å². The second kappa shape index (κ2) is 6.91. The minimum Gasteiger partial charge on any atom is -0.380 e. The van der Waals surface area contributed by atoms with Gasteiger partial charge >= 0.3 is 0 Å². The van der Waals surface area contributed by atoms with Gasteiger partial charge in [-0.2, -0.15) is 0 Å². The summed E-state index contributed by atoms with van der Waals surface area (Å²) in [5, 5.41) is 2.98. The molecule has 0 heterocycles. The number of hydrogen-bond acceptors (Lipinski definition) is 2. The van der Waals surface area contributed by atoms with E-state index in [0.717, 1.165) is 25.7 Å². The second-order valence-corrected chi connectivity index (χ2v) is 4.55. The Morgan fingerprint density at radius 1 is 1.24 bits per heavy atom. The number of likely N-dealkylation sites (N-methyl/N-ethyl adjacent to an activating group) is 1. The topological polar surface area (TPSA) is 15.3 Å². The van der Waals surface area contributed by atoms with Gasteiger partial charge in [-0.05, 0) is 35.1 Å². The first-order chi connectivity index (χ1) is 8.08. The molecular weight excluding hydrogens is 290 g/mol. The fourth-order valence-electron chi connectivity index (χ4n) is 1.59. The maximum Gasteiger partial charge on any atom is 0.150 e. The summed E-state index contributed by atoms with van der Waals surface area (Å²) in [6.45, 7) is 7.55. The van der Waals surface area contributed by atoms with Gasteiger partial charge in [-0.15, -0.1) is 0 Å². The lowest BCUT2D eigenvalue weighted by atomic mass is 10.3. The van der Waals surface area contributed by atoms with Gasteiger partial charge in [-0.3, -0.25) is 0 Å². The molecule has 1 N–H and O–H groups in total. The van der Waals surface area contributed by atoms with Crippen LogP contribution in [0.5, 0.6) is 0 Å². The third kappa shape index (κ3) is 4.24. The van der Waals surface area contributed by atoms with Gasteiger partial charge in [0, 0.05) is 23.6 Å². The predicted molar refractivity (Wildman–Crippen MR) is 70.3 cm³/mol. The lowest BCUT2D eigenvalue weighted by Gasteiger charge is -2.19. The number of nitrogens with one attached hydrogen (secondary N) is 1. The predicted octanol–water partition coefficient (Wildman–Crippen LogP) is 3.48. The SMILES string of the molecule is CCN(CC)CCNc1c(F)cc(F)cc1Br. The normalized spacial score (nSPS) is 10.9. The van der Waals surface area contributed by atoms with Gasteiger partial charge in [0.25, 0.3) is 0 Å². The van der Waals surface area contributed by atoms with Crippen LogP contribution in [0.3, 0.4) is 0 Å². The summed E-state index contributed by atoms with van der Waals surface area (Å²) in [7, 11) is 0. The van der Waals surface area contributed by atoms with E-state index >= 15 is 0 Å². The van der Waals surface area contributed by atoms with E-state index in [1.165, 1.54) is 6.07 Å². The molecule has 96 valence electrons. The highest BCUT2D eigenvalue weighted by atomic mass is 79.9. The van der Waals surface area contributed by atoms with Gasteiger partial charge in [0.05, 0.1) is 5.69 Å². The molecule has 0 aromatic heterocycles. The van der Waals surface area contributed by atoms with Crippen molar-refractivity contribution < 1.29 is 8.78 Å². The lowest BCUT2D eigenvalue weighted by Crippen LogP contribution is -2.28. The summed E-state index contributed by atoms with van der Waals surface area (Å²) < 4.78 is 26.7. The Kier molecular flexibility index (Phi) is 5.85. The highest BCUT2D eigenvalue weighted by Gasteiger charge is 2.09.